The molecule has 1 rings (SSSR count). The second-order valence-corrected chi connectivity index (χ2v) is 6.18. The van der Waals surface area contributed by atoms with Crippen molar-refractivity contribution in [1.29, 1.82) is 0 Å². The van der Waals surface area contributed by atoms with Crippen LogP contribution in [0.3, 0.4) is 0 Å². The zero-order chi connectivity index (χ0) is 19.7. The van der Waals surface area contributed by atoms with Crippen LogP contribution in [0.1, 0.15) is 34.3 Å². The van der Waals surface area contributed by atoms with Crippen molar-refractivity contribution in [2.75, 3.05) is 6.61 Å². The summed E-state index contributed by atoms with van der Waals surface area (Å²) in [6.07, 6.45) is 10.1. The monoisotopic (exact) mass is 352 g/mol. The molecule has 0 atom stereocenters. The molecule has 138 valence electrons. The van der Waals surface area contributed by atoms with Crippen molar-refractivity contribution in [3.8, 4) is 5.75 Å². The first kappa shape index (κ1) is 21.4. The fraction of sp³-hybridized carbons (Fsp3) is 0.261. The van der Waals surface area contributed by atoms with E-state index in [2.05, 4.69) is 26.3 Å². The van der Waals surface area contributed by atoms with Crippen LogP contribution in [0.4, 0.5) is 0 Å². The summed E-state index contributed by atoms with van der Waals surface area (Å²) >= 11 is 0. The normalized spacial score (nSPS) is 10.7. The Morgan fingerprint density at radius 1 is 1.12 bits per heavy atom. The van der Waals surface area contributed by atoms with Crippen molar-refractivity contribution in [2.45, 2.75) is 32.3 Å². The molecule has 3 heteroatoms. The third kappa shape index (κ3) is 5.43. The molecule has 0 aromatic heterocycles. The Hall–Kier alpha value is -2.65. The average molecular weight is 352 g/mol. The highest BCUT2D eigenvalue weighted by atomic mass is 16.5. The van der Waals surface area contributed by atoms with Gasteiger partial charge in [-0.2, -0.15) is 0 Å². The van der Waals surface area contributed by atoms with Gasteiger partial charge in [0.1, 0.15) is 18.0 Å². The number of carbonyl (C=O) groups is 1. The van der Waals surface area contributed by atoms with Crippen LogP contribution < -0.4 is 0 Å². The smallest absolute Gasteiger partial charge is 0.188 e. The number of aryl methyl sites for hydroxylation is 2. The highest BCUT2D eigenvalue weighted by molar-refractivity contribution is 5.97. The summed E-state index contributed by atoms with van der Waals surface area (Å²) in [6.45, 7) is 18.5. The van der Waals surface area contributed by atoms with E-state index in [0.717, 1.165) is 5.57 Å². The van der Waals surface area contributed by atoms with E-state index in [9.17, 15) is 9.90 Å². The minimum Gasteiger partial charge on any atom is -0.507 e. The SMILES string of the molecule is C=CC(C=C)=CCCC(C=C)(C=C)OCC(=O)c1cc(C)c(O)c(C)c1. The van der Waals surface area contributed by atoms with Crippen molar-refractivity contribution < 1.29 is 14.6 Å². The van der Waals surface area contributed by atoms with Crippen LogP contribution in [-0.4, -0.2) is 23.1 Å². The lowest BCUT2D eigenvalue weighted by atomic mass is 9.96. The highest BCUT2D eigenvalue weighted by Crippen LogP contribution is 2.25. The molecule has 0 aliphatic carbocycles. The molecule has 0 bridgehead atoms. The van der Waals surface area contributed by atoms with Gasteiger partial charge in [0.25, 0.3) is 0 Å². The summed E-state index contributed by atoms with van der Waals surface area (Å²) in [5.74, 6) is 0.0544. The molecular formula is C23H28O3. The molecule has 3 nitrogen and oxygen atoms in total. The van der Waals surface area contributed by atoms with E-state index in [0.29, 0.717) is 29.5 Å². The Bertz CT molecular complexity index is 697. The molecule has 0 unspecified atom stereocenters. The maximum absolute atomic E-state index is 12.5. The molecule has 0 saturated heterocycles. The number of ketones is 1. The summed E-state index contributed by atoms with van der Waals surface area (Å²) < 4.78 is 5.87. The average Bonchev–Trinajstić information content (AvgIpc) is 2.65. The quantitative estimate of drug-likeness (QED) is 0.330. The number of benzene rings is 1. The fourth-order valence-corrected chi connectivity index (χ4v) is 2.59. The van der Waals surface area contributed by atoms with E-state index in [-0.39, 0.29) is 18.1 Å². The van der Waals surface area contributed by atoms with Crippen LogP contribution >= 0.6 is 0 Å². The molecule has 0 fully saturated rings. The summed E-state index contributed by atoms with van der Waals surface area (Å²) in [4.78, 5) is 12.5. The number of phenols is 1. The molecule has 0 aliphatic heterocycles. The van der Waals surface area contributed by atoms with Crippen molar-refractivity contribution in [2.24, 2.45) is 0 Å². The minimum atomic E-state index is -0.791. The van der Waals surface area contributed by atoms with E-state index >= 15 is 0 Å². The highest BCUT2D eigenvalue weighted by Gasteiger charge is 2.24. The molecule has 0 radical (unpaired) electrons. The van der Waals surface area contributed by atoms with Gasteiger partial charge in [0.2, 0.25) is 0 Å². The Balaban J connectivity index is 2.84. The van der Waals surface area contributed by atoms with Gasteiger partial charge in [-0.05, 0) is 55.5 Å². The number of carbonyl (C=O) groups excluding carboxylic acids is 1. The number of hydrogen-bond acceptors (Lipinski definition) is 3. The van der Waals surface area contributed by atoms with Gasteiger partial charge < -0.3 is 9.84 Å². The zero-order valence-corrected chi connectivity index (χ0v) is 15.8. The fourth-order valence-electron chi connectivity index (χ4n) is 2.59. The van der Waals surface area contributed by atoms with Gasteiger partial charge in [-0.15, -0.1) is 0 Å². The predicted octanol–water partition coefficient (Wildman–Crippen LogP) is 5.40. The molecule has 0 spiro atoms. The Kier molecular flexibility index (Phi) is 8.01. The standard InChI is InChI=1S/C23H28O3/c1-7-19(8-2)12-11-13-23(9-3,10-4)26-16-21(24)20-14-17(5)22(25)18(6)15-20/h7-10,12,14-15,25H,1-4,11,13,16H2,5-6H3. The number of allylic oxidation sites excluding steroid dienone is 4. The zero-order valence-electron chi connectivity index (χ0n) is 15.8. The maximum atomic E-state index is 12.5. The molecule has 1 N–H and O–H groups in total. The maximum Gasteiger partial charge on any atom is 0.188 e. The van der Waals surface area contributed by atoms with Crippen LogP contribution in [0, 0.1) is 13.8 Å². The van der Waals surface area contributed by atoms with Crippen molar-refractivity contribution in [3.63, 3.8) is 0 Å². The molecule has 0 saturated carbocycles. The van der Waals surface area contributed by atoms with E-state index < -0.39 is 5.60 Å². The minimum absolute atomic E-state index is 0.0960. The number of phenolic OH excluding ortho intramolecular Hbond substituents is 1. The molecule has 0 heterocycles. The van der Waals surface area contributed by atoms with Gasteiger partial charge in [0.15, 0.2) is 5.78 Å². The number of ether oxygens (including phenoxy) is 1. The van der Waals surface area contributed by atoms with E-state index in [1.807, 2.05) is 6.08 Å². The van der Waals surface area contributed by atoms with Gasteiger partial charge in [0.05, 0.1) is 0 Å². The first-order chi connectivity index (χ1) is 12.3. The van der Waals surface area contributed by atoms with Crippen molar-refractivity contribution >= 4 is 5.78 Å². The second kappa shape index (κ2) is 9.73. The summed E-state index contributed by atoms with van der Waals surface area (Å²) in [6, 6.07) is 3.33. The van der Waals surface area contributed by atoms with Crippen molar-refractivity contribution in [3.05, 3.63) is 91.1 Å². The largest absolute Gasteiger partial charge is 0.507 e. The van der Waals surface area contributed by atoms with Gasteiger partial charge in [-0.25, -0.2) is 0 Å². The molecule has 0 aliphatic rings. The van der Waals surface area contributed by atoms with Crippen LogP contribution in [0.5, 0.6) is 5.75 Å². The second-order valence-electron chi connectivity index (χ2n) is 6.18. The third-order valence-electron chi connectivity index (χ3n) is 4.36. The lowest BCUT2D eigenvalue weighted by molar-refractivity contribution is 0.0239. The van der Waals surface area contributed by atoms with Crippen LogP contribution in [-0.2, 0) is 4.74 Å². The van der Waals surface area contributed by atoms with E-state index in [4.69, 9.17) is 4.74 Å². The Labute approximate surface area is 156 Å². The van der Waals surface area contributed by atoms with Crippen LogP contribution in [0.25, 0.3) is 0 Å². The van der Waals surface area contributed by atoms with E-state index in [1.165, 1.54) is 0 Å². The number of hydrogen-bond donors (Lipinski definition) is 1. The van der Waals surface area contributed by atoms with Crippen LogP contribution in [0.15, 0.2) is 74.4 Å². The lowest BCUT2D eigenvalue weighted by Gasteiger charge is -2.26. The first-order valence-corrected chi connectivity index (χ1v) is 8.52. The molecular weight excluding hydrogens is 324 g/mol. The summed E-state index contributed by atoms with van der Waals surface area (Å²) in [5.41, 5.74) is 2.00. The number of rotatable bonds is 11. The van der Waals surface area contributed by atoms with Gasteiger partial charge in [-0.3, -0.25) is 4.79 Å². The van der Waals surface area contributed by atoms with Gasteiger partial charge in [-0.1, -0.05) is 56.7 Å². The summed E-state index contributed by atoms with van der Waals surface area (Å²) in [5, 5.41) is 9.84. The number of Topliss-reactive ketones (excluding diaryl/α,β-unsaturated/α-hetero) is 1. The molecule has 26 heavy (non-hydrogen) atoms. The topological polar surface area (TPSA) is 46.5 Å². The van der Waals surface area contributed by atoms with Crippen LogP contribution in [0.2, 0.25) is 0 Å². The number of aromatic hydroxyl groups is 1. The predicted molar refractivity (Wildman–Crippen MR) is 109 cm³/mol. The molecule has 1 aromatic rings. The van der Waals surface area contributed by atoms with Gasteiger partial charge >= 0.3 is 0 Å². The lowest BCUT2D eigenvalue weighted by Crippen LogP contribution is -2.30. The molecule has 1 aromatic carbocycles. The Morgan fingerprint density at radius 2 is 1.65 bits per heavy atom. The summed E-state index contributed by atoms with van der Waals surface area (Å²) in [7, 11) is 0. The third-order valence-corrected chi connectivity index (χ3v) is 4.36. The molecule has 0 amide bonds. The van der Waals surface area contributed by atoms with Crippen molar-refractivity contribution in [1.82, 2.24) is 0 Å². The Morgan fingerprint density at radius 3 is 2.12 bits per heavy atom. The van der Waals surface area contributed by atoms with E-state index in [1.54, 1.807) is 50.3 Å². The van der Waals surface area contributed by atoms with Gasteiger partial charge in [0, 0.05) is 5.56 Å². The first-order valence-electron chi connectivity index (χ1n) is 8.52.